The van der Waals surface area contributed by atoms with Crippen LogP contribution in [0.3, 0.4) is 0 Å². The maximum absolute atomic E-state index is 11.1. The molecule has 0 spiro atoms. The van der Waals surface area contributed by atoms with Gasteiger partial charge in [0.25, 0.3) is 0 Å². The van der Waals surface area contributed by atoms with Gasteiger partial charge in [-0.2, -0.15) is 0 Å². The van der Waals surface area contributed by atoms with Crippen molar-refractivity contribution >= 4 is 5.97 Å². The van der Waals surface area contributed by atoms with Crippen LogP contribution in [0.25, 0.3) is 0 Å². The fraction of sp³-hybridized carbons (Fsp3) is 0.909. The van der Waals surface area contributed by atoms with Crippen molar-refractivity contribution in [3.8, 4) is 0 Å². The van der Waals surface area contributed by atoms with Crippen molar-refractivity contribution in [2.75, 3.05) is 0 Å². The van der Waals surface area contributed by atoms with E-state index in [1.807, 2.05) is 20.8 Å². The maximum Gasteiger partial charge on any atom is 0.309 e. The van der Waals surface area contributed by atoms with E-state index in [1.165, 1.54) is 0 Å². The van der Waals surface area contributed by atoms with Crippen LogP contribution in [0.4, 0.5) is 0 Å². The number of hydrogen-bond acceptors (Lipinski definition) is 1. The molecule has 0 aliphatic heterocycles. The molecule has 0 rings (SSSR count). The summed E-state index contributed by atoms with van der Waals surface area (Å²) in [6, 6.07) is 0. The lowest BCUT2D eigenvalue weighted by Crippen LogP contribution is -2.34. The predicted molar refractivity (Wildman–Crippen MR) is 54.7 cm³/mol. The molecule has 0 aromatic carbocycles. The van der Waals surface area contributed by atoms with Crippen LogP contribution in [0.2, 0.25) is 0 Å². The minimum atomic E-state index is -0.664. The van der Waals surface area contributed by atoms with Gasteiger partial charge in [-0.05, 0) is 31.6 Å². The molecule has 2 atom stereocenters. The summed E-state index contributed by atoms with van der Waals surface area (Å²) >= 11 is 0. The predicted octanol–water partition coefficient (Wildman–Crippen LogP) is 3.17. The number of aliphatic carboxylic acids is 1. The fourth-order valence-electron chi connectivity index (χ4n) is 1.68. The first-order chi connectivity index (χ1) is 5.84. The van der Waals surface area contributed by atoms with Crippen LogP contribution in [0.1, 0.15) is 47.5 Å². The second-order valence-electron chi connectivity index (χ2n) is 4.61. The van der Waals surface area contributed by atoms with Gasteiger partial charge in [0.05, 0.1) is 5.41 Å². The number of rotatable bonds is 5. The fourth-order valence-corrected chi connectivity index (χ4v) is 1.68. The Morgan fingerprint density at radius 1 is 1.38 bits per heavy atom. The minimum absolute atomic E-state index is 0.245. The molecule has 0 amide bonds. The Labute approximate surface area is 81.3 Å². The van der Waals surface area contributed by atoms with Crippen LogP contribution < -0.4 is 0 Å². The molecule has 0 heterocycles. The molecular weight excluding hydrogens is 164 g/mol. The molecule has 0 bridgehead atoms. The smallest absolute Gasteiger partial charge is 0.309 e. The van der Waals surface area contributed by atoms with Gasteiger partial charge >= 0.3 is 5.97 Å². The van der Waals surface area contributed by atoms with Crippen LogP contribution in [0.15, 0.2) is 0 Å². The third-order valence-corrected chi connectivity index (χ3v) is 3.14. The number of carboxylic acid groups (broad SMARTS) is 1. The Hall–Kier alpha value is -0.530. The lowest BCUT2D eigenvalue weighted by molar-refractivity contribution is -0.151. The van der Waals surface area contributed by atoms with E-state index < -0.39 is 11.4 Å². The van der Waals surface area contributed by atoms with Crippen LogP contribution in [-0.2, 0) is 4.79 Å². The van der Waals surface area contributed by atoms with Crippen LogP contribution >= 0.6 is 0 Å². The SMILES string of the molecule is CCC(C)(C(=O)O)C(C)CC(C)C. The molecule has 1 N–H and O–H groups in total. The molecule has 2 nitrogen and oxygen atoms in total. The maximum atomic E-state index is 11.1. The molecular formula is C11H22O2. The van der Waals surface area contributed by atoms with Gasteiger partial charge in [-0.3, -0.25) is 4.79 Å². The van der Waals surface area contributed by atoms with E-state index in [0.29, 0.717) is 12.3 Å². The lowest BCUT2D eigenvalue weighted by atomic mass is 9.72. The first-order valence-electron chi connectivity index (χ1n) is 5.08. The van der Waals surface area contributed by atoms with Gasteiger partial charge in [-0.15, -0.1) is 0 Å². The topological polar surface area (TPSA) is 37.3 Å². The Kier molecular flexibility index (Phi) is 4.45. The average molecular weight is 186 g/mol. The highest BCUT2D eigenvalue weighted by Crippen LogP contribution is 2.35. The van der Waals surface area contributed by atoms with Crippen LogP contribution in [0, 0.1) is 17.3 Å². The van der Waals surface area contributed by atoms with E-state index >= 15 is 0 Å². The highest BCUT2D eigenvalue weighted by Gasteiger charge is 2.36. The third-order valence-electron chi connectivity index (χ3n) is 3.14. The molecule has 0 saturated carbocycles. The summed E-state index contributed by atoms with van der Waals surface area (Å²) in [5.74, 6) is 0.151. The largest absolute Gasteiger partial charge is 0.481 e. The zero-order chi connectivity index (χ0) is 10.6. The van der Waals surface area contributed by atoms with E-state index in [2.05, 4.69) is 13.8 Å². The monoisotopic (exact) mass is 186 g/mol. The van der Waals surface area contributed by atoms with E-state index in [0.717, 1.165) is 6.42 Å². The Balaban J connectivity index is 4.47. The molecule has 0 aromatic heterocycles. The highest BCUT2D eigenvalue weighted by molar-refractivity contribution is 5.74. The standard InChI is InChI=1S/C11H22O2/c1-6-11(5,10(12)13)9(4)7-8(2)3/h8-9H,6-7H2,1-5H3,(H,12,13). The van der Waals surface area contributed by atoms with Gasteiger partial charge in [0, 0.05) is 0 Å². The molecule has 2 heteroatoms. The van der Waals surface area contributed by atoms with E-state index in [9.17, 15) is 4.79 Å². The average Bonchev–Trinajstić information content (AvgIpc) is 2.01. The summed E-state index contributed by atoms with van der Waals surface area (Å²) < 4.78 is 0. The van der Waals surface area contributed by atoms with Crippen molar-refractivity contribution < 1.29 is 9.90 Å². The molecule has 0 aromatic rings. The van der Waals surface area contributed by atoms with Gasteiger partial charge in [0.1, 0.15) is 0 Å². The molecule has 2 unspecified atom stereocenters. The quantitative estimate of drug-likeness (QED) is 0.716. The zero-order valence-corrected chi connectivity index (χ0v) is 9.42. The molecule has 0 aliphatic rings. The van der Waals surface area contributed by atoms with Crippen LogP contribution in [0.5, 0.6) is 0 Å². The first kappa shape index (κ1) is 12.5. The van der Waals surface area contributed by atoms with Crippen molar-refractivity contribution in [3.05, 3.63) is 0 Å². The molecule has 0 saturated heterocycles. The second kappa shape index (κ2) is 4.64. The van der Waals surface area contributed by atoms with E-state index in [4.69, 9.17) is 5.11 Å². The van der Waals surface area contributed by atoms with Crippen molar-refractivity contribution in [3.63, 3.8) is 0 Å². The Bertz CT molecular complexity index is 175. The normalized spacial score (nSPS) is 18.3. The minimum Gasteiger partial charge on any atom is -0.481 e. The highest BCUT2D eigenvalue weighted by atomic mass is 16.4. The summed E-state index contributed by atoms with van der Waals surface area (Å²) in [6.07, 6.45) is 1.69. The summed E-state index contributed by atoms with van der Waals surface area (Å²) in [5.41, 5.74) is -0.551. The molecule has 0 fully saturated rings. The van der Waals surface area contributed by atoms with Crippen molar-refractivity contribution in [2.24, 2.45) is 17.3 Å². The Morgan fingerprint density at radius 2 is 1.85 bits per heavy atom. The van der Waals surface area contributed by atoms with Gasteiger partial charge in [-0.1, -0.05) is 27.7 Å². The molecule has 0 aliphatic carbocycles. The van der Waals surface area contributed by atoms with Gasteiger partial charge in [0.2, 0.25) is 0 Å². The number of carboxylic acids is 1. The van der Waals surface area contributed by atoms with Gasteiger partial charge < -0.3 is 5.11 Å². The van der Waals surface area contributed by atoms with E-state index in [-0.39, 0.29) is 5.92 Å². The third kappa shape index (κ3) is 3.02. The van der Waals surface area contributed by atoms with Gasteiger partial charge in [-0.25, -0.2) is 0 Å². The summed E-state index contributed by atoms with van der Waals surface area (Å²) in [7, 11) is 0. The van der Waals surface area contributed by atoms with Crippen LogP contribution in [-0.4, -0.2) is 11.1 Å². The number of hydrogen-bond donors (Lipinski definition) is 1. The first-order valence-corrected chi connectivity index (χ1v) is 5.08. The second-order valence-corrected chi connectivity index (χ2v) is 4.61. The summed E-state index contributed by atoms with van der Waals surface area (Å²) in [5, 5.41) is 9.12. The number of carbonyl (C=O) groups is 1. The van der Waals surface area contributed by atoms with E-state index in [1.54, 1.807) is 0 Å². The molecule has 78 valence electrons. The van der Waals surface area contributed by atoms with Crippen molar-refractivity contribution in [1.29, 1.82) is 0 Å². The molecule has 0 radical (unpaired) electrons. The Morgan fingerprint density at radius 3 is 2.08 bits per heavy atom. The summed E-state index contributed by atoms with van der Waals surface area (Å²) in [6.45, 7) is 10.1. The lowest BCUT2D eigenvalue weighted by Gasteiger charge is -2.31. The molecule has 13 heavy (non-hydrogen) atoms. The van der Waals surface area contributed by atoms with Crippen molar-refractivity contribution in [2.45, 2.75) is 47.5 Å². The summed E-state index contributed by atoms with van der Waals surface area (Å²) in [4.78, 5) is 11.1. The van der Waals surface area contributed by atoms with Gasteiger partial charge in [0.15, 0.2) is 0 Å². The van der Waals surface area contributed by atoms with Crippen molar-refractivity contribution in [1.82, 2.24) is 0 Å². The zero-order valence-electron chi connectivity index (χ0n) is 9.42.